The normalized spacial score (nSPS) is 13.3. The Labute approximate surface area is 491 Å². The number of hydrogen-bond donors (Lipinski definition) is 1. The van der Waals surface area contributed by atoms with E-state index >= 15 is 0 Å². The van der Waals surface area contributed by atoms with E-state index in [1.165, 1.54) is 257 Å². The molecule has 0 heterocycles. The van der Waals surface area contributed by atoms with Gasteiger partial charge in [0.1, 0.15) is 19.8 Å². The van der Waals surface area contributed by atoms with E-state index in [-0.39, 0.29) is 25.6 Å². The maximum absolute atomic E-state index is 12.9. The lowest BCUT2D eigenvalue weighted by Crippen LogP contribution is -2.37. The van der Waals surface area contributed by atoms with Gasteiger partial charge in [-0.2, -0.15) is 0 Å². The maximum atomic E-state index is 12.9. The van der Waals surface area contributed by atoms with Gasteiger partial charge in [0, 0.05) is 12.8 Å². The molecular weight excluding hydrogens is 1000 g/mol. The number of rotatable bonds is 64. The van der Waals surface area contributed by atoms with Crippen molar-refractivity contribution in [1.82, 2.24) is 0 Å². The topological polar surface area (TPSA) is 108 Å². The summed E-state index contributed by atoms with van der Waals surface area (Å²) in [6.45, 7) is 4.48. The molecule has 2 unspecified atom stereocenters. The molecule has 0 aromatic heterocycles. The van der Waals surface area contributed by atoms with Crippen LogP contribution in [0.5, 0.6) is 0 Å². The molecule has 0 aromatic carbocycles. The predicted molar refractivity (Wildman–Crippen MR) is 340 cm³/mol. The van der Waals surface area contributed by atoms with Gasteiger partial charge in [-0.05, 0) is 51.4 Å². The third kappa shape index (κ3) is 65.3. The Morgan fingerprint density at radius 1 is 0.392 bits per heavy atom. The van der Waals surface area contributed by atoms with Gasteiger partial charge in [0.2, 0.25) is 0 Å². The summed E-state index contributed by atoms with van der Waals surface area (Å²) in [6, 6.07) is 0. The Hall–Kier alpha value is -1.77. The van der Waals surface area contributed by atoms with Crippen LogP contribution in [0, 0.1) is 0 Å². The minimum atomic E-state index is -4.39. The minimum absolute atomic E-state index is 0.0325. The second-order valence-corrected chi connectivity index (χ2v) is 26.0. The van der Waals surface area contributed by atoms with Crippen LogP contribution in [0.25, 0.3) is 0 Å². The molecule has 0 spiro atoms. The molecule has 1 N–H and O–H groups in total. The van der Waals surface area contributed by atoms with Crippen molar-refractivity contribution in [2.45, 2.75) is 347 Å². The number of likely N-dealkylation sites (N-methyl/N-ethyl adjacent to an activating group) is 1. The van der Waals surface area contributed by atoms with Crippen molar-refractivity contribution >= 4 is 19.8 Å². The van der Waals surface area contributed by atoms with Crippen LogP contribution in [-0.4, -0.2) is 74.9 Å². The Balaban J connectivity index is 4.02. The molecular formula is C69H133NO8P+. The number of carbonyl (C=O) groups excluding carboxylic acids is 2. The van der Waals surface area contributed by atoms with Crippen molar-refractivity contribution in [2.75, 3.05) is 47.5 Å². The fraction of sp³-hybridized carbons (Fsp3) is 0.884. The first-order valence-electron chi connectivity index (χ1n) is 34.2. The zero-order valence-corrected chi connectivity index (χ0v) is 54.0. The van der Waals surface area contributed by atoms with Crippen LogP contribution in [-0.2, 0) is 32.7 Å². The smallest absolute Gasteiger partial charge is 0.462 e. The van der Waals surface area contributed by atoms with Gasteiger partial charge >= 0.3 is 19.8 Å². The Bertz CT molecular complexity index is 1430. The van der Waals surface area contributed by atoms with Gasteiger partial charge in [-0.3, -0.25) is 18.6 Å². The van der Waals surface area contributed by atoms with Gasteiger partial charge in [0.05, 0.1) is 27.7 Å². The second-order valence-electron chi connectivity index (χ2n) is 24.6. The Kier molecular flexibility index (Phi) is 59.4. The lowest BCUT2D eigenvalue weighted by atomic mass is 10.0. The van der Waals surface area contributed by atoms with E-state index in [0.717, 1.165) is 51.4 Å². The molecule has 2 atom stereocenters. The molecule has 466 valence electrons. The Morgan fingerprint density at radius 3 is 1.01 bits per heavy atom. The summed E-state index contributed by atoms with van der Waals surface area (Å²) in [7, 11) is 1.49. The summed E-state index contributed by atoms with van der Waals surface area (Å²) >= 11 is 0. The van der Waals surface area contributed by atoms with Gasteiger partial charge in [-0.1, -0.05) is 314 Å². The van der Waals surface area contributed by atoms with Gasteiger partial charge in [0.15, 0.2) is 6.10 Å². The molecule has 0 rings (SSSR count). The quantitative estimate of drug-likeness (QED) is 0.0211. The van der Waals surface area contributed by atoms with Crippen LogP contribution in [0.2, 0.25) is 0 Å². The highest BCUT2D eigenvalue weighted by molar-refractivity contribution is 7.47. The molecule has 79 heavy (non-hydrogen) atoms. The molecule has 0 aliphatic carbocycles. The predicted octanol–water partition coefficient (Wildman–Crippen LogP) is 21.9. The Morgan fingerprint density at radius 2 is 0.684 bits per heavy atom. The number of phosphoric ester groups is 1. The van der Waals surface area contributed by atoms with Gasteiger partial charge in [0.25, 0.3) is 0 Å². The van der Waals surface area contributed by atoms with Crippen molar-refractivity contribution in [3.8, 4) is 0 Å². The first kappa shape index (κ1) is 77.2. The summed E-state index contributed by atoms with van der Waals surface area (Å²) in [5, 5.41) is 0. The highest BCUT2D eigenvalue weighted by Crippen LogP contribution is 2.43. The molecule has 0 aliphatic rings. The third-order valence-corrected chi connectivity index (χ3v) is 16.4. The number of ether oxygens (including phenoxy) is 2. The van der Waals surface area contributed by atoms with Crippen LogP contribution >= 0.6 is 7.82 Å². The number of phosphoric acid groups is 1. The van der Waals surface area contributed by atoms with Gasteiger partial charge < -0.3 is 18.9 Å². The number of allylic oxidation sites excluding steroid dienone is 6. The highest BCUT2D eigenvalue weighted by Gasteiger charge is 2.27. The number of unbranched alkanes of at least 4 members (excludes halogenated alkanes) is 44. The fourth-order valence-electron chi connectivity index (χ4n) is 10.1. The van der Waals surface area contributed by atoms with Crippen molar-refractivity contribution in [3.63, 3.8) is 0 Å². The molecule has 0 aliphatic heterocycles. The van der Waals surface area contributed by atoms with Crippen LogP contribution < -0.4 is 0 Å². The highest BCUT2D eigenvalue weighted by atomic mass is 31.2. The molecule has 10 heteroatoms. The fourth-order valence-corrected chi connectivity index (χ4v) is 10.9. The number of hydrogen-bond acceptors (Lipinski definition) is 7. The monoisotopic (exact) mass is 1130 g/mol. The van der Waals surface area contributed by atoms with E-state index < -0.39 is 26.5 Å². The second kappa shape index (κ2) is 60.8. The van der Waals surface area contributed by atoms with E-state index in [9.17, 15) is 19.0 Å². The minimum Gasteiger partial charge on any atom is -0.462 e. The molecule has 0 radical (unpaired) electrons. The van der Waals surface area contributed by atoms with Crippen LogP contribution in [0.4, 0.5) is 0 Å². The van der Waals surface area contributed by atoms with Gasteiger partial charge in [-0.15, -0.1) is 0 Å². The molecule has 0 fully saturated rings. The van der Waals surface area contributed by atoms with Crippen molar-refractivity contribution in [1.29, 1.82) is 0 Å². The molecule has 0 aromatic rings. The summed E-state index contributed by atoms with van der Waals surface area (Å²) < 4.78 is 34.7. The lowest BCUT2D eigenvalue weighted by Gasteiger charge is -2.24. The molecule has 0 amide bonds. The van der Waals surface area contributed by atoms with E-state index in [2.05, 4.69) is 50.3 Å². The third-order valence-electron chi connectivity index (χ3n) is 15.4. The van der Waals surface area contributed by atoms with E-state index in [4.69, 9.17) is 18.5 Å². The maximum Gasteiger partial charge on any atom is 0.472 e. The van der Waals surface area contributed by atoms with Crippen molar-refractivity contribution in [2.24, 2.45) is 0 Å². The summed E-state index contributed by atoms with van der Waals surface area (Å²) in [5.41, 5.74) is 0. The standard InChI is InChI=1S/C69H132NO8P/c1-6-8-10-12-14-16-18-20-22-24-26-28-30-32-33-34-35-36-38-39-41-43-45-47-49-51-53-55-57-59-61-68(71)75-65-67(66-77-79(73,74)76-64-63-70(3,4)5)78-69(72)62-60-58-56-54-52-50-48-46-44-42-40-37-31-29-27-25-23-21-19-17-15-13-11-9-7-2/h19,21,25,27,31,37,67H,6-18,20,22-24,26,28-30,32-36,38-66H2,1-5H3/p+1/b21-19-,27-25-,37-31-. The first-order valence-corrected chi connectivity index (χ1v) is 35.7. The van der Waals surface area contributed by atoms with Crippen LogP contribution in [0.15, 0.2) is 36.5 Å². The van der Waals surface area contributed by atoms with Crippen LogP contribution in [0.1, 0.15) is 341 Å². The molecule has 0 saturated heterocycles. The van der Waals surface area contributed by atoms with Crippen molar-refractivity contribution in [3.05, 3.63) is 36.5 Å². The SMILES string of the molecule is CCCCCCC/C=C\C/C=C\C/C=C\CCCCCCCCCCCCC(=O)OC(COC(=O)CCCCCCCCCCCCCCCCCCCCCCCCCCCCCCCC)COP(=O)(O)OCC[N+](C)(C)C. The zero-order chi connectivity index (χ0) is 57.7. The number of carbonyl (C=O) groups is 2. The molecule has 0 saturated carbocycles. The first-order chi connectivity index (χ1) is 38.5. The largest absolute Gasteiger partial charge is 0.472 e. The summed E-state index contributed by atoms with van der Waals surface area (Å²) in [6.07, 6.45) is 76.7. The molecule has 0 bridgehead atoms. The van der Waals surface area contributed by atoms with Crippen molar-refractivity contribution < 1.29 is 42.1 Å². The summed E-state index contributed by atoms with van der Waals surface area (Å²) in [4.78, 5) is 35.8. The molecule has 9 nitrogen and oxygen atoms in total. The number of nitrogens with zero attached hydrogens (tertiary/aromatic N) is 1. The lowest BCUT2D eigenvalue weighted by molar-refractivity contribution is -0.870. The number of esters is 2. The van der Waals surface area contributed by atoms with Gasteiger partial charge in [-0.25, -0.2) is 4.57 Å². The van der Waals surface area contributed by atoms with Crippen LogP contribution in [0.3, 0.4) is 0 Å². The summed E-state index contributed by atoms with van der Waals surface area (Å²) in [5.74, 6) is -0.784. The zero-order valence-electron chi connectivity index (χ0n) is 53.1. The van der Waals surface area contributed by atoms with E-state index in [1.807, 2.05) is 21.1 Å². The number of quaternary nitrogens is 1. The van der Waals surface area contributed by atoms with E-state index in [0.29, 0.717) is 23.9 Å². The average Bonchev–Trinajstić information content (AvgIpc) is 3.41. The van der Waals surface area contributed by atoms with E-state index in [1.54, 1.807) is 0 Å². The average molecular weight is 1140 g/mol.